The molecule has 23 heavy (non-hydrogen) atoms. The van der Waals surface area contributed by atoms with Crippen LogP contribution in [0, 0.1) is 0 Å². The molecule has 0 atom stereocenters. The van der Waals surface area contributed by atoms with Crippen LogP contribution >= 0.6 is 0 Å². The lowest BCUT2D eigenvalue weighted by atomic mass is 10.3. The number of para-hydroxylation sites is 2. The second-order valence-electron chi connectivity index (χ2n) is 5.85. The SMILES string of the molecule is CCCC(=O)NCc1nc2ccccc2n1CC(=O)NC(C)C. The number of fused-ring (bicyclic) bond motifs is 1. The molecule has 0 spiro atoms. The van der Waals surface area contributed by atoms with Crippen LogP contribution in [-0.2, 0) is 22.7 Å². The Morgan fingerprint density at radius 3 is 2.65 bits per heavy atom. The number of carbonyl (C=O) groups is 2. The van der Waals surface area contributed by atoms with Gasteiger partial charge in [0.25, 0.3) is 0 Å². The number of carbonyl (C=O) groups excluding carboxylic acids is 2. The van der Waals surface area contributed by atoms with Gasteiger partial charge in [-0.1, -0.05) is 19.1 Å². The summed E-state index contributed by atoms with van der Waals surface area (Å²) in [4.78, 5) is 28.3. The monoisotopic (exact) mass is 316 g/mol. The lowest BCUT2D eigenvalue weighted by Crippen LogP contribution is -2.34. The number of aromatic nitrogens is 2. The molecule has 0 saturated carbocycles. The number of hydrogen-bond donors (Lipinski definition) is 2. The third-order valence-corrected chi connectivity index (χ3v) is 3.41. The highest BCUT2D eigenvalue weighted by molar-refractivity contribution is 5.81. The Hall–Kier alpha value is -2.37. The molecule has 0 radical (unpaired) electrons. The number of rotatable bonds is 7. The molecule has 0 aliphatic carbocycles. The molecule has 1 aromatic heterocycles. The summed E-state index contributed by atoms with van der Waals surface area (Å²) in [6.45, 7) is 6.33. The maximum absolute atomic E-state index is 12.1. The Labute approximate surface area is 136 Å². The lowest BCUT2D eigenvalue weighted by molar-refractivity contribution is -0.122. The van der Waals surface area contributed by atoms with Gasteiger partial charge in [0.05, 0.1) is 17.6 Å². The van der Waals surface area contributed by atoms with Crippen molar-refractivity contribution in [2.45, 2.75) is 52.7 Å². The van der Waals surface area contributed by atoms with E-state index in [2.05, 4.69) is 15.6 Å². The highest BCUT2D eigenvalue weighted by Crippen LogP contribution is 2.16. The molecule has 2 amide bonds. The zero-order chi connectivity index (χ0) is 16.8. The van der Waals surface area contributed by atoms with Crippen LogP contribution in [0.2, 0.25) is 0 Å². The van der Waals surface area contributed by atoms with Crippen LogP contribution in [0.5, 0.6) is 0 Å². The van der Waals surface area contributed by atoms with E-state index in [1.807, 2.05) is 49.6 Å². The Kier molecular flexibility index (Phi) is 5.73. The molecular formula is C17H24N4O2. The van der Waals surface area contributed by atoms with Crippen molar-refractivity contribution in [2.24, 2.45) is 0 Å². The Balaban J connectivity index is 2.22. The number of hydrogen-bond acceptors (Lipinski definition) is 3. The second kappa shape index (κ2) is 7.76. The number of nitrogens with zero attached hydrogens (tertiary/aromatic N) is 2. The number of nitrogens with one attached hydrogen (secondary N) is 2. The average Bonchev–Trinajstić information content (AvgIpc) is 2.83. The van der Waals surface area contributed by atoms with Gasteiger partial charge < -0.3 is 15.2 Å². The van der Waals surface area contributed by atoms with Gasteiger partial charge in [-0.3, -0.25) is 9.59 Å². The Morgan fingerprint density at radius 2 is 1.96 bits per heavy atom. The van der Waals surface area contributed by atoms with Gasteiger partial charge in [-0.05, 0) is 32.4 Å². The molecule has 0 unspecified atom stereocenters. The normalized spacial score (nSPS) is 11.0. The van der Waals surface area contributed by atoms with Gasteiger partial charge in [0.15, 0.2) is 0 Å². The van der Waals surface area contributed by atoms with Gasteiger partial charge in [0.2, 0.25) is 11.8 Å². The molecule has 2 rings (SSSR count). The van der Waals surface area contributed by atoms with Gasteiger partial charge >= 0.3 is 0 Å². The molecule has 124 valence electrons. The van der Waals surface area contributed by atoms with Crippen molar-refractivity contribution < 1.29 is 9.59 Å². The van der Waals surface area contributed by atoms with Crippen molar-refractivity contribution in [3.8, 4) is 0 Å². The van der Waals surface area contributed by atoms with E-state index in [4.69, 9.17) is 0 Å². The first-order chi connectivity index (χ1) is 11.0. The van der Waals surface area contributed by atoms with E-state index in [1.165, 1.54) is 0 Å². The fourth-order valence-corrected chi connectivity index (χ4v) is 2.44. The zero-order valence-electron chi connectivity index (χ0n) is 13.9. The first-order valence-electron chi connectivity index (χ1n) is 8.01. The number of imidazole rings is 1. The van der Waals surface area contributed by atoms with E-state index >= 15 is 0 Å². The predicted molar refractivity (Wildman–Crippen MR) is 89.8 cm³/mol. The molecule has 0 aliphatic heterocycles. The molecule has 6 nitrogen and oxygen atoms in total. The van der Waals surface area contributed by atoms with Crippen molar-refractivity contribution in [3.63, 3.8) is 0 Å². The summed E-state index contributed by atoms with van der Waals surface area (Å²) in [7, 11) is 0. The Morgan fingerprint density at radius 1 is 1.22 bits per heavy atom. The van der Waals surface area contributed by atoms with E-state index in [0.29, 0.717) is 18.8 Å². The van der Waals surface area contributed by atoms with Crippen LogP contribution in [0.15, 0.2) is 24.3 Å². The molecule has 1 heterocycles. The molecule has 0 aliphatic rings. The highest BCUT2D eigenvalue weighted by atomic mass is 16.2. The maximum atomic E-state index is 12.1. The van der Waals surface area contributed by atoms with E-state index in [-0.39, 0.29) is 24.4 Å². The van der Waals surface area contributed by atoms with E-state index < -0.39 is 0 Å². The third kappa shape index (κ3) is 4.55. The standard InChI is InChI=1S/C17H24N4O2/c1-4-7-16(22)18-10-15-20-13-8-5-6-9-14(13)21(15)11-17(23)19-12(2)3/h5-6,8-9,12H,4,7,10-11H2,1-3H3,(H,18,22)(H,19,23). The van der Waals surface area contributed by atoms with Crippen LogP contribution in [0.25, 0.3) is 11.0 Å². The van der Waals surface area contributed by atoms with Crippen molar-refractivity contribution in [1.29, 1.82) is 0 Å². The molecule has 0 fully saturated rings. The van der Waals surface area contributed by atoms with Crippen molar-refractivity contribution >= 4 is 22.8 Å². The molecule has 6 heteroatoms. The zero-order valence-corrected chi connectivity index (χ0v) is 13.9. The molecule has 2 aromatic rings. The van der Waals surface area contributed by atoms with E-state index in [0.717, 1.165) is 17.5 Å². The van der Waals surface area contributed by atoms with Crippen molar-refractivity contribution in [3.05, 3.63) is 30.1 Å². The van der Waals surface area contributed by atoms with Crippen LogP contribution in [-0.4, -0.2) is 27.4 Å². The molecule has 0 bridgehead atoms. The van der Waals surface area contributed by atoms with Crippen LogP contribution < -0.4 is 10.6 Å². The number of amides is 2. The summed E-state index contributed by atoms with van der Waals surface area (Å²) in [5.74, 6) is 0.622. The summed E-state index contributed by atoms with van der Waals surface area (Å²) in [6, 6.07) is 7.75. The van der Waals surface area contributed by atoms with E-state index in [1.54, 1.807) is 0 Å². The van der Waals surface area contributed by atoms with Gasteiger partial charge in [-0.15, -0.1) is 0 Å². The fourth-order valence-electron chi connectivity index (χ4n) is 2.44. The van der Waals surface area contributed by atoms with Crippen molar-refractivity contribution in [1.82, 2.24) is 20.2 Å². The lowest BCUT2D eigenvalue weighted by Gasteiger charge is -2.12. The van der Waals surface area contributed by atoms with Gasteiger partial charge in [0, 0.05) is 12.5 Å². The number of benzene rings is 1. The molecular weight excluding hydrogens is 292 g/mol. The minimum Gasteiger partial charge on any atom is -0.352 e. The Bertz CT molecular complexity index is 691. The topological polar surface area (TPSA) is 76.0 Å². The smallest absolute Gasteiger partial charge is 0.240 e. The van der Waals surface area contributed by atoms with Gasteiger partial charge in [-0.25, -0.2) is 4.98 Å². The molecule has 0 saturated heterocycles. The largest absolute Gasteiger partial charge is 0.352 e. The van der Waals surface area contributed by atoms with Crippen LogP contribution in [0.1, 0.15) is 39.4 Å². The first-order valence-corrected chi connectivity index (χ1v) is 8.01. The average molecular weight is 316 g/mol. The fraction of sp³-hybridized carbons (Fsp3) is 0.471. The maximum Gasteiger partial charge on any atom is 0.240 e. The summed E-state index contributed by atoms with van der Waals surface area (Å²) >= 11 is 0. The quantitative estimate of drug-likeness (QED) is 0.820. The van der Waals surface area contributed by atoms with Crippen LogP contribution in [0.4, 0.5) is 0 Å². The van der Waals surface area contributed by atoms with Crippen molar-refractivity contribution in [2.75, 3.05) is 0 Å². The van der Waals surface area contributed by atoms with E-state index in [9.17, 15) is 9.59 Å². The minimum absolute atomic E-state index is 0.00209. The summed E-state index contributed by atoms with van der Waals surface area (Å²) in [5.41, 5.74) is 1.72. The van der Waals surface area contributed by atoms with Crippen LogP contribution in [0.3, 0.4) is 0 Å². The van der Waals surface area contributed by atoms with Gasteiger partial charge in [0.1, 0.15) is 12.4 Å². The third-order valence-electron chi connectivity index (χ3n) is 3.41. The molecule has 1 aromatic carbocycles. The summed E-state index contributed by atoms with van der Waals surface area (Å²) in [6.07, 6.45) is 1.30. The highest BCUT2D eigenvalue weighted by Gasteiger charge is 2.14. The first kappa shape index (κ1) is 17.0. The summed E-state index contributed by atoms with van der Waals surface area (Å²) in [5, 5.41) is 5.74. The summed E-state index contributed by atoms with van der Waals surface area (Å²) < 4.78 is 1.86. The molecule has 2 N–H and O–H groups in total. The minimum atomic E-state index is -0.0655. The second-order valence-corrected chi connectivity index (χ2v) is 5.85. The predicted octanol–water partition coefficient (Wildman–Crippen LogP) is 1.98. The van der Waals surface area contributed by atoms with Gasteiger partial charge in [-0.2, -0.15) is 0 Å².